The Bertz CT molecular complexity index is 936. The molecule has 25 heavy (non-hydrogen) atoms. The van der Waals surface area contributed by atoms with Crippen LogP contribution >= 0.6 is 27.5 Å². The molecule has 0 unspecified atom stereocenters. The van der Waals surface area contributed by atoms with Crippen LogP contribution in [-0.2, 0) is 4.79 Å². The van der Waals surface area contributed by atoms with E-state index in [2.05, 4.69) is 31.2 Å². The van der Waals surface area contributed by atoms with Gasteiger partial charge in [0, 0.05) is 10.2 Å². The Morgan fingerprint density at radius 2 is 2.08 bits per heavy atom. The van der Waals surface area contributed by atoms with Crippen LogP contribution in [0.1, 0.15) is 0 Å². The number of halogens is 2. The van der Waals surface area contributed by atoms with E-state index in [1.54, 1.807) is 18.2 Å². The van der Waals surface area contributed by atoms with Crippen molar-refractivity contribution < 1.29 is 14.3 Å². The summed E-state index contributed by atoms with van der Waals surface area (Å²) < 4.78 is 11.5. The van der Waals surface area contributed by atoms with E-state index in [1.165, 1.54) is 13.4 Å². The first-order valence-corrected chi connectivity index (χ1v) is 8.40. The molecule has 3 rings (SSSR count). The van der Waals surface area contributed by atoms with Crippen molar-refractivity contribution in [2.45, 2.75) is 0 Å². The number of hydrogen-bond acceptors (Lipinski definition) is 5. The van der Waals surface area contributed by atoms with Gasteiger partial charge in [0.05, 0.1) is 23.0 Å². The van der Waals surface area contributed by atoms with Crippen molar-refractivity contribution in [1.29, 1.82) is 0 Å². The molecule has 6 nitrogen and oxygen atoms in total. The Hall–Kier alpha value is -2.38. The lowest BCUT2D eigenvalue weighted by atomic mass is 10.2. The molecule has 3 aromatic rings. The van der Waals surface area contributed by atoms with E-state index >= 15 is 0 Å². The predicted octanol–water partition coefficient (Wildman–Crippen LogP) is 4.07. The largest absolute Gasteiger partial charge is 0.495 e. The number of aromatic nitrogens is 2. The van der Waals surface area contributed by atoms with E-state index in [9.17, 15) is 4.79 Å². The second-order valence-corrected chi connectivity index (χ2v) is 6.35. The highest BCUT2D eigenvalue weighted by molar-refractivity contribution is 9.10. The molecule has 1 amide bonds. The minimum Gasteiger partial charge on any atom is -0.495 e. The molecule has 1 aromatic heterocycles. The summed E-state index contributed by atoms with van der Waals surface area (Å²) in [4.78, 5) is 20.3. The average Bonchev–Trinajstić information content (AvgIpc) is 2.60. The summed E-state index contributed by atoms with van der Waals surface area (Å²) >= 11 is 9.43. The molecular formula is C17H13BrClN3O3. The van der Waals surface area contributed by atoms with Crippen molar-refractivity contribution in [1.82, 2.24) is 9.97 Å². The van der Waals surface area contributed by atoms with Crippen molar-refractivity contribution in [3.8, 4) is 11.6 Å². The molecule has 1 N–H and O–H groups in total. The van der Waals surface area contributed by atoms with E-state index in [-0.39, 0.29) is 12.5 Å². The summed E-state index contributed by atoms with van der Waals surface area (Å²) in [6.45, 7) is -0.192. The van der Waals surface area contributed by atoms with Gasteiger partial charge < -0.3 is 14.8 Å². The Morgan fingerprint density at radius 1 is 1.24 bits per heavy atom. The van der Waals surface area contributed by atoms with E-state index < -0.39 is 0 Å². The van der Waals surface area contributed by atoms with E-state index in [4.69, 9.17) is 21.1 Å². The van der Waals surface area contributed by atoms with Crippen molar-refractivity contribution in [2.24, 2.45) is 0 Å². The van der Waals surface area contributed by atoms with Gasteiger partial charge in [-0.3, -0.25) is 4.79 Å². The van der Waals surface area contributed by atoms with Crippen LogP contribution in [0.3, 0.4) is 0 Å². The molecule has 0 saturated heterocycles. The van der Waals surface area contributed by atoms with Crippen LogP contribution in [-0.4, -0.2) is 29.6 Å². The number of carbonyl (C=O) groups is 1. The first kappa shape index (κ1) is 17.4. The van der Waals surface area contributed by atoms with Crippen LogP contribution in [0.25, 0.3) is 10.9 Å². The minimum atomic E-state index is -0.331. The third-order valence-electron chi connectivity index (χ3n) is 3.34. The summed E-state index contributed by atoms with van der Waals surface area (Å²) in [6.07, 6.45) is 1.40. The molecule has 0 spiro atoms. The maximum absolute atomic E-state index is 12.1. The van der Waals surface area contributed by atoms with Gasteiger partial charge >= 0.3 is 0 Å². The molecular weight excluding hydrogens is 410 g/mol. The zero-order valence-corrected chi connectivity index (χ0v) is 15.5. The molecule has 0 atom stereocenters. The average molecular weight is 423 g/mol. The molecule has 0 aliphatic heterocycles. The molecule has 0 aliphatic rings. The van der Waals surface area contributed by atoms with Gasteiger partial charge in [-0.05, 0) is 36.4 Å². The molecule has 0 bridgehead atoms. The Balaban J connectivity index is 1.68. The highest BCUT2D eigenvalue weighted by atomic mass is 79.9. The first-order valence-electron chi connectivity index (χ1n) is 7.23. The second kappa shape index (κ2) is 7.67. The maximum Gasteiger partial charge on any atom is 0.262 e. The molecule has 8 heteroatoms. The summed E-state index contributed by atoms with van der Waals surface area (Å²) in [5.74, 6) is 0.547. The molecule has 0 saturated carbocycles. The Labute approximate surface area is 157 Å². The SMILES string of the molecule is COc1ccc(NC(=O)COc2ncnc3ccc(Br)cc23)cc1Cl. The van der Waals surface area contributed by atoms with Gasteiger partial charge in [0.15, 0.2) is 6.61 Å². The fraction of sp³-hybridized carbons (Fsp3) is 0.118. The zero-order valence-electron chi connectivity index (χ0n) is 13.1. The van der Waals surface area contributed by atoms with Gasteiger partial charge in [0.1, 0.15) is 12.1 Å². The smallest absolute Gasteiger partial charge is 0.262 e. The number of hydrogen-bond donors (Lipinski definition) is 1. The van der Waals surface area contributed by atoms with Crippen molar-refractivity contribution in [2.75, 3.05) is 19.0 Å². The molecule has 0 fully saturated rings. The lowest BCUT2D eigenvalue weighted by Gasteiger charge is -2.10. The van der Waals surface area contributed by atoms with Gasteiger partial charge in [-0.1, -0.05) is 27.5 Å². The van der Waals surface area contributed by atoms with Crippen LogP contribution in [0, 0.1) is 0 Å². The van der Waals surface area contributed by atoms with E-state index in [0.717, 1.165) is 15.4 Å². The molecule has 0 radical (unpaired) electrons. The molecule has 2 aromatic carbocycles. The first-order chi connectivity index (χ1) is 12.1. The number of amides is 1. The summed E-state index contributed by atoms with van der Waals surface area (Å²) in [5.41, 5.74) is 1.28. The van der Waals surface area contributed by atoms with Crippen LogP contribution in [0.15, 0.2) is 47.2 Å². The number of nitrogens with zero attached hydrogens (tertiary/aromatic N) is 2. The molecule has 128 valence electrons. The second-order valence-electron chi connectivity index (χ2n) is 5.03. The number of ether oxygens (including phenoxy) is 2. The highest BCUT2D eigenvalue weighted by Crippen LogP contribution is 2.27. The van der Waals surface area contributed by atoms with Gasteiger partial charge in [-0.2, -0.15) is 0 Å². The number of benzene rings is 2. The third kappa shape index (κ3) is 4.18. The Kier molecular flexibility index (Phi) is 5.35. The standard InChI is InChI=1S/C17H13BrClN3O3/c1-24-15-5-3-11(7-13(15)19)22-16(23)8-25-17-12-6-10(18)2-4-14(12)20-9-21-17/h2-7,9H,8H2,1H3,(H,22,23). The van der Waals surface area contributed by atoms with Crippen molar-refractivity contribution in [3.05, 3.63) is 52.2 Å². The van der Waals surface area contributed by atoms with Crippen molar-refractivity contribution in [3.63, 3.8) is 0 Å². The van der Waals surface area contributed by atoms with Gasteiger partial charge in [-0.25, -0.2) is 9.97 Å². The minimum absolute atomic E-state index is 0.192. The fourth-order valence-electron chi connectivity index (χ4n) is 2.20. The number of nitrogens with one attached hydrogen (secondary N) is 1. The highest BCUT2D eigenvalue weighted by Gasteiger charge is 2.10. The zero-order chi connectivity index (χ0) is 17.8. The molecule has 0 aliphatic carbocycles. The van der Waals surface area contributed by atoms with Gasteiger partial charge in [-0.15, -0.1) is 0 Å². The topological polar surface area (TPSA) is 73.3 Å². The maximum atomic E-state index is 12.1. The van der Waals surface area contributed by atoms with Crippen LogP contribution < -0.4 is 14.8 Å². The number of fused-ring (bicyclic) bond motifs is 1. The van der Waals surface area contributed by atoms with Crippen LogP contribution in [0.5, 0.6) is 11.6 Å². The molecule has 1 heterocycles. The Morgan fingerprint density at radius 3 is 2.84 bits per heavy atom. The van der Waals surface area contributed by atoms with Gasteiger partial charge in [0.2, 0.25) is 5.88 Å². The monoisotopic (exact) mass is 421 g/mol. The fourth-order valence-corrected chi connectivity index (χ4v) is 2.81. The normalized spacial score (nSPS) is 10.5. The van der Waals surface area contributed by atoms with E-state index in [0.29, 0.717) is 22.3 Å². The number of rotatable bonds is 5. The summed E-state index contributed by atoms with van der Waals surface area (Å²) in [5, 5.41) is 3.84. The van der Waals surface area contributed by atoms with Crippen molar-refractivity contribution >= 4 is 50.0 Å². The van der Waals surface area contributed by atoms with Gasteiger partial charge in [0.25, 0.3) is 5.91 Å². The lowest BCUT2D eigenvalue weighted by Crippen LogP contribution is -2.20. The summed E-state index contributed by atoms with van der Waals surface area (Å²) in [6, 6.07) is 10.5. The summed E-state index contributed by atoms with van der Waals surface area (Å²) in [7, 11) is 1.53. The van der Waals surface area contributed by atoms with E-state index in [1.807, 2.05) is 18.2 Å². The quantitative estimate of drug-likeness (QED) is 0.671. The number of methoxy groups -OCH3 is 1. The lowest BCUT2D eigenvalue weighted by molar-refractivity contribution is -0.118. The van der Waals surface area contributed by atoms with Crippen LogP contribution in [0.2, 0.25) is 5.02 Å². The predicted molar refractivity (Wildman–Crippen MR) is 99.4 cm³/mol. The number of carbonyl (C=O) groups excluding carboxylic acids is 1. The third-order valence-corrected chi connectivity index (χ3v) is 4.12. The number of anilines is 1. The van der Waals surface area contributed by atoms with Crippen LogP contribution in [0.4, 0.5) is 5.69 Å².